The fourth-order valence-corrected chi connectivity index (χ4v) is 2.67. The fraction of sp³-hybridized carbons (Fsp3) is 0.0625. The number of H-pyrrole nitrogens is 1. The lowest BCUT2D eigenvalue weighted by Crippen LogP contribution is -2.01. The minimum Gasteiger partial charge on any atom is -0.345 e. The van der Waals surface area contributed by atoms with Gasteiger partial charge in [-0.2, -0.15) is 0 Å². The van der Waals surface area contributed by atoms with Crippen LogP contribution in [0.25, 0.3) is 22.4 Å². The zero-order valence-electron chi connectivity index (χ0n) is 11.6. The van der Waals surface area contributed by atoms with Crippen LogP contribution in [0.15, 0.2) is 55.1 Å². The average molecular weight is 310 g/mol. The molecule has 2 aromatic carbocycles. The van der Waals surface area contributed by atoms with Gasteiger partial charge in [0, 0.05) is 10.6 Å². The Morgan fingerprint density at radius 3 is 2.95 bits per heavy atom. The van der Waals surface area contributed by atoms with Crippen molar-refractivity contribution in [2.45, 2.75) is 6.54 Å². The number of aromatic nitrogens is 5. The molecule has 0 saturated heterocycles. The number of aromatic amines is 1. The summed E-state index contributed by atoms with van der Waals surface area (Å²) in [5.74, 6) is 0.796. The number of fused-ring (bicyclic) bond motifs is 1. The van der Waals surface area contributed by atoms with E-state index in [-0.39, 0.29) is 0 Å². The summed E-state index contributed by atoms with van der Waals surface area (Å²) in [5.41, 5.74) is 3.92. The first-order chi connectivity index (χ1) is 10.8. The third-order valence-electron chi connectivity index (χ3n) is 3.59. The first-order valence-electron chi connectivity index (χ1n) is 6.86. The van der Waals surface area contributed by atoms with Gasteiger partial charge in [0.05, 0.1) is 23.9 Å². The molecule has 0 aliphatic heterocycles. The van der Waals surface area contributed by atoms with Gasteiger partial charge in [-0.25, -0.2) is 4.98 Å². The van der Waals surface area contributed by atoms with Gasteiger partial charge in [-0.1, -0.05) is 29.8 Å². The van der Waals surface area contributed by atoms with Crippen molar-refractivity contribution in [2.24, 2.45) is 0 Å². The van der Waals surface area contributed by atoms with E-state index in [2.05, 4.69) is 20.2 Å². The quantitative estimate of drug-likeness (QED) is 0.630. The first-order valence-corrected chi connectivity index (χ1v) is 7.24. The predicted octanol–water partition coefficient (Wildman–Crippen LogP) is 3.52. The number of hydrogen-bond acceptors (Lipinski definition) is 3. The molecule has 2 heterocycles. The Labute approximate surface area is 131 Å². The Kier molecular flexibility index (Phi) is 3.12. The van der Waals surface area contributed by atoms with E-state index >= 15 is 0 Å². The van der Waals surface area contributed by atoms with E-state index in [0.717, 1.165) is 33.0 Å². The number of halogens is 1. The molecule has 6 heteroatoms. The molecule has 0 unspecified atom stereocenters. The number of nitrogens with one attached hydrogen (secondary N) is 1. The third kappa shape index (κ3) is 2.25. The average Bonchev–Trinajstić information content (AvgIpc) is 3.17. The van der Waals surface area contributed by atoms with Crippen LogP contribution in [0, 0.1) is 0 Å². The van der Waals surface area contributed by atoms with Crippen LogP contribution in [0.5, 0.6) is 0 Å². The zero-order chi connectivity index (χ0) is 14.9. The van der Waals surface area contributed by atoms with Crippen LogP contribution >= 0.6 is 11.6 Å². The van der Waals surface area contributed by atoms with E-state index in [9.17, 15) is 0 Å². The van der Waals surface area contributed by atoms with Crippen molar-refractivity contribution in [1.29, 1.82) is 0 Å². The number of nitrogens with zero attached hydrogens (tertiary/aromatic N) is 4. The number of rotatable bonds is 3. The standard InChI is InChI=1S/C16H12ClN5/c17-13-4-2-1-3-12(13)8-22-10-20-21-16(22)11-5-6-14-15(7-11)19-9-18-14/h1-7,9-10H,8H2,(H,18,19). The van der Waals surface area contributed by atoms with Gasteiger partial charge < -0.3 is 9.55 Å². The summed E-state index contributed by atoms with van der Waals surface area (Å²) in [7, 11) is 0. The molecule has 0 bridgehead atoms. The smallest absolute Gasteiger partial charge is 0.164 e. The second-order valence-electron chi connectivity index (χ2n) is 5.01. The number of imidazole rings is 1. The van der Waals surface area contributed by atoms with Crippen molar-refractivity contribution in [1.82, 2.24) is 24.7 Å². The minimum absolute atomic E-state index is 0.626. The van der Waals surface area contributed by atoms with Gasteiger partial charge in [0.1, 0.15) is 6.33 Å². The van der Waals surface area contributed by atoms with Crippen molar-refractivity contribution in [2.75, 3.05) is 0 Å². The maximum Gasteiger partial charge on any atom is 0.164 e. The zero-order valence-corrected chi connectivity index (χ0v) is 12.3. The van der Waals surface area contributed by atoms with E-state index in [0.29, 0.717) is 6.54 Å². The van der Waals surface area contributed by atoms with E-state index in [1.165, 1.54) is 0 Å². The summed E-state index contributed by atoms with van der Waals surface area (Å²) in [6.45, 7) is 0.626. The molecule has 0 atom stereocenters. The van der Waals surface area contributed by atoms with E-state index in [1.54, 1.807) is 12.7 Å². The summed E-state index contributed by atoms with van der Waals surface area (Å²) in [6.07, 6.45) is 3.40. The van der Waals surface area contributed by atoms with Gasteiger partial charge in [0.25, 0.3) is 0 Å². The summed E-state index contributed by atoms with van der Waals surface area (Å²) >= 11 is 6.23. The van der Waals surface area contributed by atoms with Crippen LogP contribution < -0.4 is 0 Å². The van der Waals surface area contributed by atoms with Gasteiger partial charge in [0.2, 0.25) is 0 Å². The van der Waals surface area contributed by atoms with Gasteiger partial charge >= 0.3 is 0 Å². The molecule has 0 aliphatic rings. The molecule has 0 radical (unpaired) electrons. The lowest BCUT2D eigenvalue weighted by molar-refractivity contribution is 0.803. The minimum atomic E-state index is 0.626. The molecule has 0 aliphatic carbocycles. The molecular formula is C16H12ClN5. The summed E-state index contributed by atoms with van der Waals surface area (Å²) in [5, 5.41) is 9.01. The van der Waals surface area contributed by atoms with Crippen molar-refractivity contribution in [3.8, 4) is 11.4 Å². The van der Waals surface area contributed by atoms with Crippen LogP contribution in [-0.4, -0.2) is 24.7 Å². The largest absolute Gasteiger partial charge is 0.345 e. The van der Waals surface area contributed by atoms with Crippen LogP contribution in [0.2, 0.25) is 5.02 Å². The number of benzene rings is 2. The third-order valence-corrected chi connectivity index (χ3v) is 3.96. The second-order valence-corrected chi connectivity index (χ2v) is 5.42. The molecule has 1 N–H and O–H groups in total. The predicted molar refractivity (Wildman–Crippen MR) is 85.7 cm³/mol. The Bertz CT molecular complexity index is 940. The SMILES string of the molecule is Clc1ccccc1Cn1cnnc1-c1ccc2[nH]cnc2c1. The molecule has 22 heavy (non-hydrogen) atoms. The molecule has 0 saturated carbocycles. The highest BCUT2D eigenvalue weighted by molar-refractivity contribution is 6.31. The molecule has 4 aromatic rings. The molecule has 0 fully saturated rings. The Morgan fingerprint density at radius 2 is 2.05 bits per heavy atom. The van der Waals surface area contributed by atoms with Crippen LogP contribution in [0.3, 0.4) is 0 Å². The van der Waals surface area contributed by atoms with Crippen molar-refractivity contribution in [3.05, 3.63) is 65.7 Å². The van der Waals surface area contributed by atoms with Crippen LogP contribution in [0.4, 0.5) is 0 Å². The van der Waals surface area contributed by atoms with E-state index < -0.39 is 0 Å². The summed E-state index contributed by atoms with van der Waals surface area (Å²) < 4.78 is 1.98. The van der Waals surface area contributed by atoms with Crippen molar-refractivity contribution >= 4 is 22.6 Å². The first kappa shape index (κ1) is 13.0. The molecule has 4 rings (SSSR count). The highest BCUT2D eigenvalue weighted by Crippen LogP contribution is 2.23. The summed E-state index contributed by atoms with van der Waals surface area (Å²) in [4.78, 5) is 7.37. The Hall–Kier alpha value is -2.66. The monoisotopic (exact) mass is 309 g/mol. The highest BCUT2D eigenvalue weighted by Gasteiger charge is 2.10. The van der Waals surface area contributed by atoms with Crippen molar-refractivity contribution in [3.63, 3.8) is 0 Å². The highest BCUT2D eigenvalue weighted by atomic mass is 35.5. The van der Waals surface area contributed by atoms with Gasteiger partial charge in [0.15, 0.2) is 5.82 Å². The summed E-state index contributed by atoms with van der Waals surface area (Å²) in [6, 6.07) is 13.8. The van der Waals surface area contributed by atoms with Crippen LogP contribution in [-0.2, 0) is 6.54 Å². The maximum absolute atomic E-state index is 6.23. The Morgan fingerprint density at radius 1 is 1.14 bits per heavy atom. The van der Waals surface area contributed by atoms with E-state index in [4.69, 9.17) is 11.6 Å². The molecule has 5 nitrogen and oxygen atoms in total. The number of hydrogen-bond donors (Lipinski definition) is 1. The molecule has 0 spiro atoms. The fourth-order valence-electron chi connectivity index (χ4n) is 2.48. The van der Waals surface area contributed by atoms with Crippen LogP contribution in [0.1, 0.15) is 5.56 Å². The van der Waals surface area contributed by atoms with Gasteiger partial charge in [-0.05, 0) is 29.8 Å². The molecule has 2 aromatic heterocycles. The normalized spacial score (nSPS) is 11.1. The molecule has 0 amide bonds. The second kappa shape index (κ2) is 5.27. The van der Waals surface area contributed by atoms with Gasteiger partial charge in [-0.3, -0.25) is 0 Å². The lowest BCUT2D eigenvalue weighted by atomic mass is 10.1. The van der Waals surface area contributed by atoms with Gasteiger partial charge in [-0.15, -0.1) is 10.2 Å². The maximum atomic E-state index is 6.23. The van der Waals surface area contributed by atoms with E-state index in [1.807, 2.05) is 47.0 Å². The van der Waals surface area contributed by atoms with Crippen molar-refractivity contribution < 1.29 is 0 Å². The lowest BCUT2D eigenvalue weighted by Gasteiger charge is -2.08. The molecular weight excluding hydrogens is 298 g/mol. The topological polar surface area (TPSA) is 59.4 Å². The Balaban J connectivity index is 1.74. The molecule has 108 valence electrons.